The Bertz CT molecular complexity index is 973. The van der Waals surface area contributed by atoms with E-state index in [1.807, 2.05) is 6.92 Å². The van der Waals surface area contributed by atoms with Gasteiger partial charge in [-0.3, -0.25) is 0 Å². The summed E-state index contributed by atoms with van der Waals surface area (Å²) in [5.74, 6) is -0.596. The van der Waals surface area contributed by atoms with Gasteiger partial charge in [-0.2, -0.15) is 13.2 Å². The summed E-state index contributed by atoms with van der Waals surface area (Å²) in [6.07, 6.45) is 1.13. The molecule has 10 heteroatoms. The molecule has 3 aromatic rings. The Kier molecular flexibility index (Phi) is 5.15. The summed E-state index contributed by atoms with van der Waals surface area (Å²) in [4.78, 5) is 19.8. The van der Waals surface area contributed by atoms with Crippen LogP contribution in [0.5, 0.6) is 0 Å². The Balaban J connectivity index is 2.03. The molecule has 0 N–H and O–H groups in total. The molecular weight excluding hydrogens is 389 g/mol. The van der Waals surface area contributed by atoms with Crippen molar-refractivity contribution >= 4 is 40.6 Å². The number of pyridine rings is 1. The van der Waals surface area contributed by atoms with Gasteiger partial charge in [0.25, 0.3) is 0 Å². The van der Waals surface area contributed by atoms with E-state index in [1.165, 1.54) is 36.0 Å². The van der Waals surface area contributed by atoms with Crippen LogP contribution in [0.15, 0.2) is 44.7 Å². The number of carboxylic acids is 1. The van der Waals surface area contributed by atoms with Crippen molar-refractivity contribution in [1.29, 1.82) is 0 Å². The van der Waals surface area contributed by atoms with E-state index in [1.54, 1.807) is 0 Å². The average molecular weight is 399 g/mol. The molecule has 0 fully saturated rings. The van der Waals surface area contributed by atoms with E-state index in [2.05, 4.69) is 9.97 Å². The van der Waals surface area contributed by atoms with Gasteiger partial charge in [-0.05, 0) is 41.8 Å². The van der Waals surface area contributed by atoms with E-state index in [-0.39, 0.29) is 33.6 Å². The number of hydrogen-bond acceptors (Lipinski definition) is 7. The molecule has 3 rings (SSSR count). The van der Waals surface area contributed by atoms with Crippen molar-refractivity contribution in [2.45, 2.75) is 22.2 Å². The molecule has 1 aromatic carbocycles. The van der Waals surface area contributed by atoms with E-state index in [0.29, 0.717) is 21.9 Å². The number of carboxylic acid groups (broad SMARTS) is 1. The molecule has 0 aliphatic rings. The number of alkyl halides is 3. The minimum absolute atomic E-state index is 0.00624. The number of fused-ring (bicyclic) bond motifs is 1. The molecule has 2 heterocycles. The summed E-state index contributed by atoms with van der Waals surface area (Å²) in [6, 6.07) is 5.39. The molecule has 0 atom stereocenters. The van der Waals surface area contributed by atoms with Gasteiger partial charge in [0.15, 0.2) is 5.58 Å². The van der Waals surface area contributed by atoms with Crippen LogP contribution in [0.4, 0.5) is 13.2 Å². The largest absolute Gasteiger partial charge is 0.545 e. The molecule has 0 saturated carbocycles. The quantitative estimate of drug-likeness (QED) is 0.601. The fourth-order valence-corrected chi connectivity index (χ4v) is 3.56. The highest BCUT2D eigenvalue weighted by Crippen LogP contribution is 2.38. The van der Waals surface area contributed by atoms with Gasteiger partial charge in [-0.15, -0.1) is 11.8 Å². The second-order valence-corrected chi connectivity index (χ2v) is 7.43. The number of halogens is 3. The first-order chi connectivity index (χ1) is 12.3. The summed E-state index contributed by atoms with van der Waals surface area (Å²) < 4.78 is 43.1. The number of carbonyl (C=O) groups is 1. The van der Waals surface area contributed by atoms with E-state index in [9.17, 15) is 23.1 Å². The zero-order valence-corrected chi connectivity index (χ0v) is 14.8. The Morgan fingerprint density at radius 1 is 1.31 bits per heavy atom. The predicted octanol–water partition coefficient (Wildman–Crippen LogP) is 3.98. The molecular formula is C16H10F3N2O3S2-. The predicted molar refractivity (Wildman–Crippen MR) is 89.9 cm³/mol. The second kappa shape index (κ2) is 7.20. The minimum atomic E-state index is -4.40. The van der Waals surface area contributed by atoms with E-state index in [0.717, 1.165) is 6.20 Å². The van der Waals surface area contributed by atoms with E-state index in [4.69, 9.17) is 4.42 Å². The molecule has 0 aliphatic heterocycles. The Hall–Kier alpha value is -2.20. The normalized spacial score (nSPS) is 11.8. The highest BCUT2D eigenvalue weighted by Gasteiger charge is 2.29. The lowest BCUT2D eigenvalue weighted by Crippen LogP contribution is -2.22. The molecule has 0 radical (unpaired) electrons. The van der Waals surface area contributed by atoms with Crippen LogP contribution >= 0.6 is 23.5 Å². The van der Waals surface area contributed by atoms with Gasteiger partial charge in [0.05, 0.1) is 5.97 Å². The first kappa shape index (κ1) is 18.6. The highest BCUT2D eigenvalue weighted by atomic mass is 32.2. The second-order valence-electron chi connectivity index (χ2n) is 4.99. The van der Waals surface area contributed by atoms with Gasteiger partial charge >= 0.3 is 5.51 Å². The van der Waals surface area contributed by atoms with Crippen LogP contribution in [0, 0.1) is 0 Å². The number of carbonyl (C=O) groups excluding carboxylic acids is 1. The molecule has 0 aliphatic carbocycles. The van der Waals surface area contributed by atoms with Crippen LogP contribution < -0.4 is 5.11 Å². The van der Waals surface area contributed by atoms with Crippen molar-refractivity contribution in [3.05, 3.63) is 36.0 Å². The molecule has 0 spiro atoms. The Labute approximate surface area is 154 Å². The van der Waals surface area contributed by atoms with Crippen molar-refractivity contribution in [3.63, 3.8) is 0 Å². The number of benzene rings is 1. The van der Waals surface area contributed by atoms with E-state index >= 15 is 0 Å². The Morgan fingerprint density at radius 3 is 2.73 bits per heavy atom. The fourth-order valence-electron chi connectivity index (χ4n) is 2.19. The number of thioether (sulfide) groups is 2. The zero-order chi connectivity index (χ0) is 18.9. The van der Waals surface area contributed by atoms with Gasteiger partial charge in [0.2, 0.25) is 5.89 Å². The molecule has 2 aromatic heterocycles. The van der Waals surface area contributed by atoms with Gasteiger partial charge < -0.3 is 14.3 Å². The SMILES string of the molecule is CCSc1cc(C(=O)[O-])cnc1-c1nc2cc(SC(F)(F)F)ccc2o1. The van der Waals surface area contributed by atoms with Crippen molar-refractivity contribution in [2.24, 2.45) is 0 Å². The van der Waals surface area contributed by atoms with Crippen molar-refractivity contribution in [2.75, 3.05) is 5.75 Å². The third-order valence-electron chi connectivity index (χ3n) is 3.18. The average Bonchev–Trinajstić information content (AvgIpc) is 2.96. The van der Waals surface area contributed by atoms with Crippen LogP contribution in [0.2, 0.25) is 0 Å². The first-order valence-electron chi connectivity index (χ1n) is 7.27. The molecule has 26 heavy (non-hydrogen) atoms. The van der Waals surface area contributed by atoms with Crippen molar-refractivity contribution < 1.29 is 27.5 Å². The van der Waals surface area contributed by atoms with E-state index < -0.39 is 11.5 Å². The molecule has 0 amide bonds. The van der Waals surface area contributed by atoms with Gasteiger partial charge in [0, 0.05) is 21.6 Å². The highest BCUT2D eigenvalue weighted by molar-refractivity contribution is 8.00. The standard InChI is InChI=1S/C16H11F3N2O3S2/c1-2-25-12-5-8(15(22)23)7-20-13(12)14-21-10-6-9(26-16(17,18)19)3-4-11(10)24-14/h3-7H,2H2,1H3,(H,22,23)/p-1. The smallest absolute Gasteiger partial charge is 0.446 e. The number of aromatic nitrogens is 2. The van der Waals surface area contributed by atoms with Crippen molar-refractivity contribution in [3.8, 4) is 11.6 Å². The van der Waals surface area contributed by atoms with Crippen LogP contribution in [0.3, 0.4) is 0 Å². The number of rotatable bonds is 5. The zero-order valence-electron chi connectivity index (χ0n) is 13.2. The molecule has 0 bridgehead atoms. The lowest BCUT2D eigenvalue weighted by atomic mass is 10.2. The van der Waals surface area contributed by atoms with Gasteiger partial charge in [0.1, 0.15) is 11.2 Å². The molecule has 0 unspecified atom stereocenters. The summed E-state index contributed by atoms with van der Waals surface area (Å²) in [7, 11) is 0. The lowest BCUT2D eigenvalue weighted by Gasteiger charge is -2.08. The molecule has 5 nitrogen and oxygen atoms in total. The first-order valence-corrected chi connectivity index (χ1v) is 9.08. The summed E-state index contributed by atoms with van der Waals surface area (Å²) in [5.41, 5.74) is -3.59. The van der Waals surface area contributed by atoms with Gasteiger partial charge in [-0.1, -0.05) is 6.92 Å². The van der Waals surface area contributed by atoms with Crippen LogP contribution in [0.1, 0.15) is 17.3 Å². The van der Waals surface area contributed by atoms with Crippen LogP contribution in [0.25, 0.3) is 22.7 Å². The maximum absolute atomic E-state index is 12.5. The number of oxazole rings is 1. The summed E-state index contributed by atoms with van der Waals surface area (Å²) in [5, 5.41) is 11.0. The Morgan fingerprint density at radius 2 is 2.08 bits per heavy atom. The fraction of sp³-hybridized carbons (Fsp3) is 0.188. The monoisotopic (exact) mass is 399 g/mol. The lowest BCUT2D eigenvalue weighted by molar-refractivity contribution is -0.255. The topological polar surface area (TPSA) is 79.0 Å². The van der Waals surface area contributed by atoms with Gasteiger partial charge in [-0.25, -0.2) is 9.97 Å². The number of hydrogen-bond donors (Lipinski definition) is 0. The van der Waals surface area contributed by atoms with Crippen LogP contribution in [-0.4, -0.2) is 27.2 Å². The summed E-state index contributed by atoms with van der Waals surface area (Å²) >= 11 is 1.11. The third kappa shape index (κ3) is 4.13. The number of nitrogens with zero attached hydrogens (tertiary/aromatic N) is 2. The minimum Gasteiger partial charge on any atom is -0.545 e. The maximum Gasteiger partial charge on any atom is 0.446 e. The molecule has 136 valence electrons. The van der Waals surface area contributed by atoms with Crippen LogP contribution in [-0.2, 0) is 0 Å². The maximum atomic E-state index is 12.5. The third-order valence-corrected chi connectivity index (χ3v) is 4.82. The summed E-state index contributed by atoms with van der Waals surface area (Å²) in [6.45, 7) is 1.88. The molecule has 0 saturated heterocycles. The number of aromatic carboxylic acids is 1. The van der Waals surface area contributed by atoms with Crippen molar-refractivity contribution in [1.82, 2.24) is 9.97 Å².